The largest absolute Gasteiger partial charge is 0.464 e. The van der Waals surface area contributed by atoms with E-state index in [9.17, 15) is 4.79 Å². The molecule has 1 heterocycles. The topological polar surface area (TPSA) is 100 Å². The van der Waals surface area contributed by atoms with Crippen LogP contribution in [-0.2, 0) is 19.0 Å². The van der Waals surface area contributed by atoms with E-state index in [-0.39, 0.29) is 5.70 Å². The summed E-state index contributed by atoms with van der Waals surface area (Å²) < 4.78 is 15.4. The summed E-state index contributed by atoms with van der Waals surface area (Å²) in [6.45, 7) is 3.34. The van der Waals surface area contributed by atoms with Crippen LogP contribution in [0.4, 0.5) is 0 Å². The Kier molecular flexibility index (Phi) is 4.73. The normalized spacial score (nSPS) is 19.1. The number of rotatable bonds is 5. The molecule has 0 amide bonds. The molecule has 1 saturated heterocycles. The number of hydrogen-bond acceptors (Lipinski definition) is 7. The first-order chi connectivity index (χ1) is 8.02. The number of methoxy groups -OCH3 is 1. The Morgan fingerprint density at radius 1 is 1.53 bits per heavy atom. The van der Waals surface area contributed by atoms with Crippen molar-refractivity contribution >= 4 is 5.97 Å². The van der Waals surface area contributed by atoms with Crippen molar-refractivity contribution in [2.75, 3.05) is 26.9 Å². The van der Waals surface area contributed by atoms with Gasteiger partial charge in [-0.25, -0.2) is 10.6 Å². The van der Waals surface area contributed by atoms with Gasteiger partial charge in [0, 0.05) is 19.2 Å². The molecule has 1 rings (SSSR count). The SMILES string of the molecule is COC(=O)/C(=C/N)N(N)CCC1(C)OCCO1. The van der Waals surface area contributed by atoms with Crippen molar-refractivity contribution in [3.8, 4) is 0 Å². The van der Waals surface area contributed by atoms with Gasteiger partial charge in [0.15, 0.2) is 11.5 Å². The van der Waals surface area contributed by atoms with Crippen LogP contribution >= 0.6 is 0 Å². The molecule has 0 unspecified atom stereocenters. The van der Waals surface area contributed by atoms with E-state index in [0.29, 0.717) is 26.2 Å². The summed E-state index contributed by atoms with van der Waals surface area (Å²) in [5.41, 5.74) is 5.43. The Labute approximate surface area is 100 Å². The third kappa shape index (κ3) is 3.58. The molecule has 0 aromatic heterocycles. The van der Waals surface area contributed by atoms with Crippen molar-refractivity contribution in [3.05, 3.63) is 11.9 Å². The molecular weight excluding hydrogens is 226 g/mol. The Balaban J connectivity index is 2.48. The van der Waals surface area contributed by atoms with Crippen LogP contribution in [0.25, 0.3) is 0 Å². The molecule has 0 aromatic rings. The molecule has 1 aliphatic rings. The van der Waals surface area contributed by atoms with Crippen LogP contribution in [0, 0.1) is 0 Å². The van der Waals surface area contributed by atoms with Crippen LogP contribution in [0.5, 0.6) is 0 Å². The smallest absolute Gasteiger partial charge is 0.357 e. The van der Waals surface area contributed by atoms with Gasteiger partial charge >= 0.3 is 5.97 Å². The molecule has 0 bridgehead atoms. The van der Waals surface area contributed by atoms with Crippen LogP contribution < -0.4 is 11.6 Å². The molecule has 0 saturated carbocycles. The Morgan fingerprint density at radius 2 is 2.12 bits per heavy atom. The minimum atomic E-state index is -0.645. The molecule has 0 aliphatic carbocycles. The number of hydrazine groups is 1. The lowest BCUT2D eigenvalue weighted by Crippen LogP contribution is -2.40. The fourth-order valence-corrected chi connectivity index (χ4v) is 1.53. The average molecular weight is 245 g/mol. The maximum absolute atomic E-state index is 11.3. The van der Waals surface area contributed by atoms with Gasteiger partial charge in [0.2, 0.25) is 0 Å². The molecule has 1 fully saturated rings. The fourth-order valence-electron chi connectivity index (χ4n) is 1.53. The highest BCUT2D eigenvalue weighted by molar-refractivity contribution is 5.87. The van der Waals surface area contributed by atoms with Crippen LogP contribution in [0.15, 0.2) is 11.9 Å². The second-order valence-corrected chi connectivity index (χ2v) is 3.82. The van der Waals surface area contributed by atoms with Crippen LogP contribution in [0.3, 0.4) is 0 Å². The fraction of sp³-hybridized carbons (Fsp3) is 0.700. The standard InChI is InChI=1S/C10H19N3O4/c1-10(16-5-6-17-10)3-4-13(12)8(7-11)9(14)15-2/h7H,3-6,11-12H2,1-2H3/b8-7-. The summed E-state index contributed by atoms with van der Waals surface area (Å²) in [5, 5.41) is 1.22. The van der Waals surface area contributed by atoms with E-state index < -0.39 is 11.8 Å². The molecule has 0 aromatic carbocycles. The third-order valence-electron chi connectivity index (χ3n) is 2.57. The van der Waals surface area contributed by atoms with Gasteiger partial charge in [-0.15, -0.1) is 0 Å². The number of carbonyl (C=O) groups excluding carboxylic acids is 1. The van der Waals surface area contributed by atoms with Crippen molar-refractivity contribution in [2.45, 2.75) is 19.1 Å². The summed E-state index contributed by atoms with van der Waals surface area (Å²) in [5.74, 6) is 4.49. The molecule has 17 heavy (non-hydrogen) atoms. The zero-order chi connectivity index (χ0) is 12.9. The van der Waals surface area contributed by atoms with Crippen LogP contribution in [0.1, 0.15) is 13.3 Å². The van der Waals surface area contributed by atoms with E-state index >= 15 is 0 Å². The van der Waals surface area contributed by atoms with E-state index in [1.807, 2.05) is 6.92 Å². The molecule has 1 aliphatic heterocycles. The predicted molar refractivity (Wildman–Crippen MR) is 60.1 cm³/mol. The van der Waals surface area contributed by atoms with Crippen molar-refractivity contribution < 1.29 is 19.0 Å². The number of esters is 1. The summed E-state index contributed by atoms with van der Waals surface area (Å²) in [4.78, 5) is 11.3. The first-order valence-electron chi connectivity index (χ1n) is 5.33. The zero-order valence-corrected chi connectivity index (χ0v) is 10.1. The van der Waals surface area contributed by atoms with Gasteiger partial charge in [-0.2, -0.15) is 0 Å². The van der Waals surface area contributed by atoms with E-state index in [1.165, 1.54) is 12.1 Å². The molecule has 7 nitrogen and oxygen atoms in total. The first-order valence-corrected chi connectivity index (χ1v) is 5.33. The minimum absolute atomic E-state index is 0.106. The summed E-state index contributed by atoms with van der Waals surface area (Å²) >= 11 is 0. The van der Waals surface area contributed by atoms with Crippen molar-refractivity contribution in [3.63, 3.8) is 0 Å². The predicted octanol–water partition coefficient (Wildman–Crippen LogP) is -0.712. The Bertz CT molecular complexity index is 300. The highest BCUT2D eigenvalue weighted by Crippen LogP contribution is 2.22. The van der Waals surface area contributed by atoms with Gasteiger partial charge < -0.3 is 25.0 Å². The molecule has 98 valence electrons. The molecule has 0 spiro atoms. The Hall–Kier alpha value is -1.31. The maximum Gasteiger partial charge on any atom is 0.357 e. The lowest BCUT2D eigenvalue weighted by molar-refractivity contribution is -0.150. The third-order valence-corrected chi connectivity index (χ3v) is 2.57. The van der Waals surface area contributed by atoms with Crippen LogP contribution in [0.2, 0.25) is 0 Å². The highest BCUT2D eigenvalue weighted by atomic mass is 16.7. The molecular formula is C10H19N3O4. The number of ether oxygens (including phenoxy) is 3. The maximum atomic E-state index is 11.3. The van der Waals surface area contributed by atoms with Crippen molar-refractivity contribution in [2.24, 2.45) is 11.6 Å². The molecule has 0 atom stereocenters. The molecule has 0 radical (unpaired) electrons. The quantitative estimate of drug-likeness (QED) is 0.285. The minimum Gasteiger partial charge on any atom is -0.464 e. The van der Waals surface area contributed by atoms with Crippen LogP contribution in [-0.4, -0.2) is 43.6 Å². The van der Waals surface area contributed by atoms with Crippen molar-refractivity contribution in [1.82, 2.24) is 5.01 Å². The van der Waals surface area contributed by atoms with Gasteiger partial charge in [0.1, 0.15) is 0 Å². The van der Waals surface area contributed by atoms with Gasteiger partial charge in [0.25, 0.3) is 0 Å². The van der Waals surface area contributed by atoms with E-state index in [1.54, 1.807) is 0 Å². The number of hydrogen-bond donors (Lipinski definition) is 2. The molecule has 4 N–H and O–H groups in total. The van der Waals surface area contributed by atoms with E-state index in [0.717, 1.165) is 6.20 Å². The van der Waals surface area contributed by atoms with Gasteiger partial charge in [-0.3, -0.25) is 0 Å². The summed E-state index contributed by atoms with van der Waals surface area (Å²) in [6, 6.07) is 0. The van der Waals surface area contributed by atoms with Crippen molar-refractivity contribution in [1.29, 1.82) is 0 Å². The van der Waals surface area contributed by atoms with Gasteiger partial charge in [-0.1, -0.05) is 0 Å². The highest BCUT2D eigenvalue weighted by Gasteiger charge is 2.31. The summed E-state index contributed by atoms with van der Waals surface area (Å²) in [7, 11) is 1.27. The average Bonchev–Trinajstić information content (AvgIpc) is 2.75. The number of nitrogens with zero attached hydrogens (tertiary/aromatic N) is 1. The van der Waals surface area contributed by atoms with Gasteiger partial charge in [0.05, 0.1) is 20.3 Å². The monoisotopic (exact) mass is 245 g/mol. The first kappa shape index (κ1) is 13.8. The molecule has 7 heteroatoms. The Morgan fingerprint density at radius 3 is 2.59 bits per heavy atom. The lowest BCUT2D eigenvalue weighted by atomic mass is 10.2. The lowest BCUT2D eigenvalue weighted by Gasteiger charge is -2.26. The second-order valence-electron chi connectivity index (χ2n) is 3.82. The number of carbonyl (C=O) groups is 1. The summed E-state index contributed by atoms with van der Waals surface area (Å²) in [6.07, 6.45) is 1.64. The zero-order valence-electron chi connectivity index (χ0n) is 10.1. The van der Waals surface area contributed by atoms with Gasteiger partial charge in [-0.05, 0) is 6.92 Å². The second kappa shape index (κ2) is 5.85. The van der Waals surface area contributed by atoms with E-state index in [2.05, 4.69) is 4.74 Å². The van der Waals surface area contributed by atoms with E-state index in [4.69, 9.17) is 21.1 Å². The number of nitrogens with two attached hydrogens (primary N) is 2.